The smallest absolute Gasteiger partial charge is 0.233 e. The van der Waals surface area contributed by atoms with Gasteiger partial charge in [0.1, 0.15) is 0 Å². The van der Waals surface area contributed by atoms with Crippen LogP contribution in [0, 0.1) is 11.8 Å². The molecule has 1 aromatic heterocycles. The zero-order valence-electron chi connectivity index (χ0n) is 12.0. The number of hydrogen-bond acceptors (Lipinski definition) is 2. The van der Waals surface area contributed by atoms with E-state index >= 15 is 0 Å². The van der Waals surface area contributed by atoms with Crippen molar-refractivity contribution in [3.63, 3.8) is 0 Å². The van der Waals surface area contributed by atoms with Gasteiger partial charge in [-0.25, -0.2) is 0 Å². The monoisotopic (exact) mass is 238 g/mol. The van der Waals surface area contributed by atoms with E-state index in [1.807, 2.05) is 4.68 Å². The Bertz CT molecular complexity index is 365. The van der Waals surface area contributed by atoms with Gasteiger partial charge in [-0.2, -0.15) is 0 Å². The van der Waals surface area contributed by atoms with Gasteiger partial charge in [0.25, 0.3) is 0 Å². The fourth-order valence-electron chi connectivity index (χ4n) is 2.23. The second kappa shape index (κ2) is 5.56. The summed E-state index contributed by atoms with van der Waals surface area (Å²) in [5.41, 5.74) is 2.24. The molecule has 0 amide bonds. The Morgan fingerprint density at radius 3 is 2.06 bits per heavy atom. The largest absolute Gasteiger partial charge is 0.492 e. The second-order valence-electron chi connectivity index (χ2n) is 6.02. The van der Waals surface area contributed by atoms with Crippen molar-refractivity contribution in [2.45, 2.75) is 60.4 Å². The Kier molecular flexibility index (Phi) is 4.61. The Hall–Kier alpha value is -0.990. The van der Waals surface area contributed by atoms with Gasteiger partial charge in [-0.1, -0.05) is 41.5 Å². The van der Waals surface area contributed by atoms with Crippen LogP contribution in [0.1, 0.15) is 58.7 Å². The van der Waals surface area contributed by atoms with Crippen molar-refractivity contribution in [2.24, 2.45) is 11.8 Å². The van der Waals surface area contributed by atoms with Crippen LogP contribution in [0.25, 0.3) is 0 Å². The molecule has 1 heterocycles. The zero-order chi connectivity index (χ0) is 13.2. The van der Waals surface area contributed by atoms with Crippen LogP contribution in [0.4, 0.5) is 0 Å². The number of hydrogen-bond donors (Lipinski definition) is 1. The third kappa shape index (κ3) is 3.48. The van der Waals surface area contributed by atoms with E-state index in [1.165, 1.54) is 5.69 Å². The van der Waals surface area contributed by atoms with Crippen LogP contribution >= 0.6 is 0 Å². The molecular weight excluding hydrogens is 212 g/mol. The first-order valence-corrected chi connectivity index (χ1v) is 6.61. The number of aromatic hydroxyl groups is 1. The molecule has 0 unspecified atom stereocenters. The first-order chi connectivity index (χ1) is 7.82. The van der Waals surface area contributed by atoms with Crippen molar-refractivity contribution in [3.05, 3.63) is 11.3 Å². The summed E-state index contributed by atoms with van der Waals surface area (Å²) in [6.45, 7) is 13.9. The van der Waals surface area contributed by atoms with E-state index in [4.69, 9.17) is 0 Å². The standard InChI is InChI=1S/C14H26N2O/c1-9(2)7-12-13(11(5)6)16(8-10(3)4)15-14(12)17/h9-11H,7-8H2,1-6H3,(H,15,17). The summed E-state index contributed by atoms with van der Waals surface area (Å²) in [7, 11) is 0. The van der Waals surface area contributed by atoms with Crippen LogP contribution < -0.4 is 0 Å². The summed E-state index contributed by atoms with van der Waals surface area (Å²) in [5, 5.41) is 14.3. The van der Waals surface area contributed by atoms with Crippen LogP contribution in [-0.2, 0) is 13.0 Å². The van der Waals surface area contributed by atoms with Crippen LogP contribution in [0.15, 0.2) is 0 Å². The lowest BCUT2D eigenvalue weighted by atomic mass is 9.97. The van der Waals surface area contributed by atoms with E-state index < -0.39 is 0 Å². The molecule has 17 heavy (non-hydrogen) atoms. The average Bonchev–Trinajstić information content (AvgIpc) is 2.40. The molecule has 0 saturated heterocycles. The molecule has 0 aromatic carbocycles. The lowest BCUT2D eigenvalue weighted by molar-refractivity contribution is 0.412. The molecule has 3 nitrogen and oxygen atoms in total. The minimum absolute atomic E-state index is 0.225. The molecule has 0 aliphatic carbocycles. The van der Waals surface area contributed by atoms with Gasteiger partial charge in [0, 0.05) is 17.8 Å². The lowest BCUT2D eigenvalue weighted by Crippen LogP contribution is -2.12. The van der Waals surface area contributed by atoms with E-state index in [1.54, 1.807) is 0 Å². The Morgan fingerprint density at radius 1 is 1.06 bits per heavy atom. The third-order valence-corrected chi connectivity index (χ3v) is 2.77. The summed E-state index contributed by atoms with van der Waals surface area (Å²) in [6.07, 6.45) is 0.900. The minimum Gasteiger partial charge on any atom is -0.492 e. The van der Waals surface area contributed by atoms with Crippen molar-refractivity contribution in [1.29, 1.82) is 0 Å². The first kappa shape index (κ1) is 14.1. The van der Waals surface area contributed by atoms with Crippen LogP contribution in [0.5, 0.6) is 5.88 Å². The van der Waals surface area contributed by atoms with Gasteiger partial charge in [0.15, 0.2) is 0 Å². The van der Waals surface area contributed by atoms with Crippen LogP contribution in [0.3, 0.4) is 0 Å². The summed E-state index contributed by atoms with van der Waals surface area (Å²) >= 11 is 0. The van der Waals surface area contributed by atoms with Gasteiger partial charge in [-0.05, 0) is 24.2 Å². The van der Waals surface area contributed by atoms with Gasteiger partial charge < -0.3 is 5.11 Å². The lowest BCUT2D eigenvalue weighted by Gasteiger charge is -2.14. The second-order valence-corrected chi connectivity index (χ2v) is 6.02. The summed E-state index contributed by atoms with van der Waals surface area (Å²) in [4.78, 5) is 0. The molecule has 1 aromatic rings. The third-order valence-electron chi connectivity index (χ3n) is 2.77. The normalized spacial score (nSPS) is 12.1. The maximum Gasteiger partial charge on any atom is 0.233 e. The highest BCUT2D eigenvalue weighted by molar-refractivity contribution is 5.33. The van der Waals surface area contributed by atoms with E-state index in [2.05, 4.69) is 46.6 Å². The quantitative estimate of drug-likeness (QED) is 0.851. The molecule has 0 aliphatic heterocycles. The maximum atomic E-state index is 9.99. The molecular formula is C14H26N2O. The number of nitrogens with zero attached hydrogens (tertiary/aromatic N) is 2. The summed E-state index contributed by atoms with van der Waals surface area (Å²) in [5.74, 6) is 1.70. The van der Waals surface area contributed by atoms with Crippen LogP contribution in [-0.4, -0.2) is 14.9 Å². The van der Waals surface area contributed by atoms with Gasteiger partial charge in [0.05, 0.1) is 0 Å². The summed E-state index contributed by atoms with van der Waals surface area (Å²) < 4.78 is 1.99. The SMILES string of the molecule is CC(C)Cc1c(O)nn(CC(C)C)c1C(C)C. The fourth-order valence-corrected chi connectivity index (χ4v) is 2.23. The summed E-state index contributed by atoms with van der Waals surface area (Å²) in [6, 6.07) is 0. The number of aromatic nitrogens is 2. The first-order valence-electron chi connectivity index (χ1n) is 6.61. The highest BCUT2D eigenvalue weighted by Crippen LogP contribution is 2.29. The molecule has 98 valence electrons. The molecule has 0 saturated carbocycles. The molecule has 1 rings (SSSR count). The molecule has 0 radical (unpaired) electrons. The highest BCUT2D eigenvalue weighted by atomic mass is 16.3. The molecule has 0 atom stereocenters. The van der Waals surface area contributed by atoms with Crippen molar-refractivity contribution >= 4 is 0 Å². The molecule has 3 heteroatoms. The number of rotatable bonds is 5. The van der Waals surface area contributed by atoms with Gasteiger partial charge in [-0.3, -0.25) is 4.68 Å². The van der Waals surface area contributed by atoms with Gasteiger partial charge >= 0.3 is 0 Å². The van der Waals surface area contributed by atoms with Gasteiger partial charge in [0.2, 0.25) is 5.88 Å². The Labute approximate surface area is 105 Å². The van der Waals surface area contributed by atoms with Crippen molar-refractivity contribution < 1.29 is 5.11 Å². The van der Waals surface area contributed by atoms with E-state index in [9.17, 15) is 5.11 Å². The molecule has 0 fully saturated rings. The average molecular weight is 238 g/mol. The van der Waals surface area contributed by atoms with E-state index in [0.29, 0.717) is 17.8 Å². The topological polar surface area (TPSA) is 38.1 Å². The molecule has 0 bridgehead atoms. The van der Waals surface area contributed by atoms with Crippen LogP contribution in [0.2, 0.25) is 0 Å². The molecule has 0 spiro atoms. The fraction of sp³-hybridized carbons (Fsp3) is 0.786. The van der Waals surface area contributed by atoms with E-state index in [-0.39, 0.29) is 5.88 Å². The molecule has 1 N–H and O–H groups in total. The van der Waals surface area contributed by atoms with Gasteiger partial charge in [-0.15, -0.1) is 5.10 Å². The minimum atomic E-state index is 0.225. The molecule has 0 aliphatic rings. The Balaban J connectivity index is 3.14. The van der Waals surface area contributed by atoms with Crippen molar-refractivity contribution in [3.8, 4) is 5.88 Å². The maximum absolute atomic E-state index is 9.99. The van der Waals surface area contributed by atoms with Crippen molar-refractivity contribution in [2.75, 3.05) is 0 Å². The zero-order valence-corrected chi connectivity index (χ0v) is 12.0. The predicted octanol–water partition coefficient (Wildman–Crippen LogP) is 3.57. The van der Waals surface area contributed by atoms with Crippen molar-refractivity contribution in [1.82, 2.24) is 9.78 Å². The van der Waals surface area contributed by atoms with E-state index in [0.717, 1.165) is 18.5 Å². The predicted molar refractivity (Wildman–Crippen MR) is 71.4 cm³/mol. The Morgan fingerprint density at radius 2 is 1.65 bits per heavy atom. The highest BCUT2D eigenvalue weighted by Gasteiger charge is 2.20.